The molecule has 5 aromatic rings. The standard InChI is InChI=1S/C24H20N2/c1-24(2,3)16-9-11-19-20(12-16)18-10-8-15-6-4-5-7-17(15)22(18)21-13-25-14-26-23(19)21/h4-14H,1-3H3. The van der Waals surface area contributed by atoms with Crippen LogP contribution in [0, 0.1) is 0 Å². The van der Waals surface area contributed by atoms with Gasteiger partial charge in [-0.25, -0.2) is 9.97 Å². The molecule has 0 aliphatic carbocycles. The molecule has 4 aromatic carbocycles. The summed E-state index contributed by atoms with van der Waals surface area (Å²) in [5.74, 6) is 0. The Kier molecular flexibility index (Phi) is 3.08. The van der Waals surface area contributed by atoms with E-state index < -0.39 is 0 Å². The molecular formula is C24H20N2. The molecule has 0 saturated heterocycles. The summed E-state index contributed by atoms with van der Waals surface area (Å²) >= 11 is 0. The van der Waals surface area contributed by atoms with Gasteiger partial charge in [0.1, 0.15) is 6.33 Å². The minimum Gasteiger partial charge on any atom is -0.244 e. The van der Waals surface area contributed by atoms with Crippen LogP contribution in [0.3, 0.4) is 0 Å². The summed E-state index contributed by atoms with van der Waals surface area (Å²) in [6.07, 6.45) is 3.60. The SMILES string of the molecule is CC(C)(C)c1ccc2c(c1)c1ccc3ccccc3c1c1cncnc21. The molecule has 0 saturated carbocycles. The molecule has 126 valence electrons. The van der Waals surface area contributed by atoms with Gasteiger partial charge in [-0.1, -0.05) is 69.3 Å². The Morgan fingerprint density at radius 2 is 1.54 bits per heavy atom. The summed E-state index contributed by atoms with van der Waals surface area (Å²) in [7, 11) is 0. The van der Waals surface area contributed by atoms with Gasteiger partial charge in [-0.15, -0.1) is 0 Å². The maximum Gasteiger partial charge on any atom is 0.116 e. The highest BCUT2D eigenvalue weighted by molar-refractivity contribution is 6.30. The van der Waals surface area contributed by atoms with Crippen molar-refractivity contribution in [1.82, 2.24) is 9.97 Å². The fraction of sp³-hybridized carbons (Fsp3) is 0.167. The second-order valence-corrected chi connectivity index (χ2v) is 8.00. The Hall–Kier alpha value is -3.00. The number of benzene rings is 4. The second kappa shape index (κ2) is 5.25. The number of hydrogen-bond acceptors (Lipinski definition) is 2. The van der Waals surface area contributed by atoms with Gasteiger partial charge in [-0.3, -0.25) is 0 Å². The van der Waals surface area contributed by atoms with E-state index in [4.69, 9.17) is 0 Å². The fourth-order valence-corrected chi connectivity index (χ4v) is 3.95. The van der Waals surface area contributed by atoms with Crippen LogP contribution in [0.15, 0.2) is 67.1 Å². The molecule has 0 radical (unpaired) electrons. The third kappa shape index (κ3) is 2.12. The van der Waals surface area contributed by atoms with E-state index in [1.54, 1.807) is 6.33 Å². The average molecular weight is 336 g/mol. The van der Waals surface area contributed by atoms with E-state index in [9.17, 15) is 0 Å². The Morgan fingerprint density at radius 3 is 2.38 bits per heavy atom. The molecule has 5 rings (SSSR count). The molecule has 2 heteroatoms. The Morgan fingerprint density at radius 1 is 0.731 bits per heavy atom. The van der Waals surface area contributed by atoms with Crippen molar-refractivity contribution in [2.75, 3.05) is 0 Å². The summed E-state index contributed by atoms with van der Waals surface area (Å²) in [6, 6.07) is 19.8. The van der Waals surface area contributed by atoms with Gasteiger partial charge in [0.25, 0.3) is 0 Å². The van der Waals surface area contributed by atoms with Crippen LogP contribution in [0.25, 0.3) is 43.2 Å². The lowest BCUT2D eigenvalue weighted by Gasteiger charge is -2.20. The largest absolute Gasteiger partial charge is 0.244 e. The van der Waals surface area contributed by atoms with Gasteiger partial charge < -0.3 is 0 Å². The molecule has 26 heavy (non-hydrogen) atoms. The lowest BCUT2D eigenvalue weighted by molar-refractivity contribution is 0.591. The third-order valence-corrected chi connectivity index (χ3v) is 5.34. The first-order chi connectivity index (χ1) is 12.5. The van der Waals surface area contributed by atoms with Gasteiger partial charge in [-0.2, -0.15) is 0 Å². The molecule has 0 N–H and O–H groups in total. The first kappa shape index (κ1) is 15.3. The van der Waals surface area contributed by atoms with Crippen molar-refractivity contribution in [3.8, 4) is 0 Å². The molecule has 1 heterocycles. The van der Waals surface area contributed by atoms with Crippen LogP contribution in [0.1, 0.15) is 26.3 Å². The maximum atomic E-state index is 4.65. The van der Waals surface area contributed by atoms with Gasteiger partial charge in [0.15, 0.2) is 0 Å². The topological polar surface area (TPSA) is 25.8 Å². The first-order valence-electron chi connectivity index (χ1n) is 9.01. The van der Waals surface area contributed by atoms with Crippen molar-refractivity contribution in [3.05, 3.63) is 72.7 Å². The van der Waals surface area contributed by atoms with Crippen LogP contribution in [-0.4, -0.2) is 9.97 Å². The van der Waals surface area contributed by atoms with E-state index >= 15 is 0 Å². The van der Waals surface area contributed by atoms with Crippen molar-refractivity contribution < 1.29 is 0 Å². The molecule has 0 unspecified atom stereocenters. The third-order valence-electron chi connectivity index (χ3n) is 5.34. The Labute approximate surface area is 152 Å². The Balaban J connectivity index is 2.10. The summed E-state index contributed by atoms with van der Waals surface area (Å²) in [6.45, 7) is 6.78. The van der Waals surface area contributed by atoms with Gasteiger partial charge in [0, 0.05) is 22.4 Å². The van der Waals surface area contributed by atoms with Crippen molar-refractivity contribution in [2.24, 2.45) is 0 Å². The van der Waals surface area contributed by atoms with E-state index in [0.29, 0.717) is 0 Å². The lowest BCUT2D eigenvalue weighted by atomic mass is 9.84. The van der Waals surface area contributed by atoms with Crippen LogP contribution in [0.2, 0.25) is 0 Å². The fourth-order valence-electron chi connectivity index (χ4n) is 3.95. The molecule has 0 amide bonds. The number of nitrogens with zero attached hydrogens (tertiary/aromatic N) is 2. The zero-order chi connectivity index (χ0) is 17.9. The van der Waals surface area contributed by atoms with Crippen LogP contribution in [0.4, 0.5) is 0 Å². The monoisotopic (exact) mass is 336 g/mol. The number of hydrogen-bond donors (Lipinski definition) is 0. The first-order valence-corrected chi connectivity index (χ1v) is 9.01. The summed E-state index contributed by atoms with van der Waals surface area (Å²) in [4.78, 5) is 8.97. The van der Waals surface area contributed by atoms with E-state index in [1.165, 1.54) is 37.9 Å². The smallest absolute Gasteiger partial charge is 0.116 e. The molecule has 0 aliphatic heterocycles. The molecule has 0 spiro atoms. The molecule has 2 nitrogen and oxygen atoms in total. The highest BCUT2D eigenvalue weighted by Gasteiger charge is 2.17. The predicted octanol–water partition coefficient (Wildman–Crippen LogP) is 6.39. The number of aromatic nitrogens is 2. The summed E-state index contributed by atoms with van der Waals surface area (Å²) in [5.41, 5.74) is 2.48. The van der Waals surface area contributed by atoms with Gasteiger partial charge in [-0.05, 0) is 38.6 Å². The average Bonchev–Trinajstić information content (AvgIpc) is 2.66. The molecule has 0 bridgehead atoms. The zero-order valence-corrected chi connectivity index (χ0v) is 15.2. The van der Waals surface area contributed by atoms with Gasteiger partial charge in [0.2, 0.25) is 0 Å². The highest BCUT2D eigenvalue weighted by Crippen LogP contribution is 2.39. The van der Waals surface area contributed by atoms with E-state index in [0.717, 1.165) is 10.9 Å². The molecule has 1 aromatic heterocycles. The van der Waals surface area contributed by atoms with Crippen molar-refractivity contribution in [3.63, 3.8) is 0 Å². The minimum absolute atomic E-state index is 0.109. The number of rotatable bonds is 0. The quantitative estimate of drug-likeness (QED) is 0.306. The molecule has 0 fully saturated rings. The molecule has 0 atom stereocenters. The lowest BCUT2D eigenvalue weighted by Crippen LogP contribution is -2.10. The summed E-state index contributed by atoms with van der Waals surface area (Å²) < 4.78 is 0. The van der Waals surface area contributed by atoms with Crippen LogP contribution in [0.5, 0.6) is 0 Å². The van der Waals surface area contributed by atoms with Gasteiger partial charge in [0.05, 0.1) is 5.52 Å². The molecule has 0 aliphatic rings. The van der Waals surface area contributed by atoms with E-state index in [-0.39, 0.29) is 5.41 Å². The van der Waals surface area contributed by atoms with Crippen LogP contribution in [-0.2, 0) is 5.41 Å². The predicted molar refractivity (Wildman–Crippen MR) is 111 cm³/mol. The molecular weight excluding hydrogens is 316 g/mol. The van der Waals surface area contributed by atoms with E-state index in [1.807, 2.05) is 6.20 Å². The van der Waals surface area contributed by atoms with E-state index in [2.05, 4.69) is 85.3 Å². The van der Waals surface area contributed by atoms with Crippen LogP contribution < -0.4 is 0 Å². The van der Waals surface area contributed by atoms with Crippen molar-refractivity contribution in [1.29, 1.82) is 0 Å². The van der Waals surface area contributed by atoms with Crippen LogP contribution >= 0.6 is 0 Å². The van der Waals surface area contributed by atoms with Crippen molar-refractivity contribution >= 4 is 43.2 Å². The highest BCUT2D eigenvalue weighted by atomic mass is 14.8. The maximum absolute atomic E-state index is 4.65. The second-order valence-electron chi connectivity index (χ2n) is 8.00. The zero-order valence-electron chi connectivity index (χ0n) is 15.2. The van der Waals surface area contributed by atoms with Crippen molar-refractivity contribution in [2.45, 2.75) is 26.2 Å². The minimum atomic E-state index is 0.109. The Bertz CT molecular complexity index is 1310. The van der Waals surface area contributed by atoms with Gasteiger partial charge >= 0.3 is 0 Å². The normalized spacial score (nSPS) is 12.4. The number of fused-ring (bicyclic) bond motifs is 8. The summed E-state index contributed by atoms with van der Waals surface area (Å²) in [5, 5.41) is 8.60.